The van der Waals surface area contributed by atoms with E-state index in [0.717, 1.165) is 0 Å². The fourth-order valence-electron chi connectivity index (χ4n) is 2.31. The fourth-order valence-corrected chi connectivity index (χ4v) is 2.31. The number of rotatable bonds is 7. The van der Waals surface area contributed by atoms with Crippen molar-refractivity contribution in [2.24, 2.45) is 5.73 Å². The van der Waals surface area contributed by atoms with Gasteiger partial charge in [-0.25, -0.2) is 0 Å². The number of hydrogen-bond acceptors (Lipinski definition) is 6. The van der Waals surface area contributed by atoms with Crippen LogP contribution in [0.5, 0.6) is 0 Å². The lowest BCUT2D eigenvalue weighted by Crippen LogP contribution is -2.52. The predicted octanol–water partition coefficient (Wildman–Crippen LogP) is -0.0362. The molecule has 1 heterocycles. The van der Waals surface area contributed by atoms with E-state index in [1.165, 1.54) is 0 Å². The standard InChI is InChI=1S/C12H23NO5.2H2S/c1-15-7-11-12(17-3)10(16-2)5-9(18-11)4-8(14)6-13;;/h9-12H,4-7,13H2,1-3H3;2*1H2. The van der Waals surface area contributed by atoms with Crippen LogP contribution >= 0.6 is 27.0 Å². The van der Waals surface area contributed by atoms with Gasteiger partial charge in [0.25, 0.3) is 0 Å². The molecule has 1 aliphatic rings. The van der Waals surface area contributed by atoms with Crippen LogP contribution in [-0.4, -0.2) is 64.7 Å². The predicted molar refractivity (Wildman–Crippen MR) is 86.2 cm³/mol. The van der Waals surface area contributed by atoms with Gasteiger partial charge >= 0.3 is 0 Å². The SMILES string of the molecule is COCC1OC(CC(=O)CN)CC(OC)C1OC.S.S. The minimum absolute atomic E-state index is 0. The molecular formula is C12H27NO5S2. The van der Waals surface area contributed by atoms with Gasteiger partial charge in [-0.3, -0.25) is 4.79 Å². The molecule has 1 saturated heterocycles. The first-order valence-corrected chi connectivity index (χ1v) is 6.08. The first-order valence-electron chi connectivity index (χ1n) is 6.08. The maximum Gasteiger partial charge on any atom is 0.148 e. The third-order valence-electron chi connectivity index (χ3n) is 3.18. The molecule has 4 unspecified atom stereocenters. The summed E-state index contributed by atoms with van der Waals surface area (Å²) in [4.78, 5) is 11.4. The Hall–Kier alpha value is 0.170. The Morgan fingerprint density at radius 3 is 2.35 bits per heavy atom. The van der Waals surface area contributed by atoms with Crippen LogP contribution < -0.4 is 5.73 Å². The van der Waals surface area contributed by atoms with Gasteiger partial charge in [-0.05, 0) is 0 Å². The molecule has 2 N–H and O–H groups in total. The highest BCUT2D eigenvalue weighted by Crippen LogP contribution is 2.26. The van der Waals surface area contributed by atoms with Crippen LogP contribution in [0.4, 0.5) is 0 Å². The van der Waals surface area contributed by atoms with Crippen molar-refractivity contribution in [3.05, 3.63) is 0 Å². The smallest absolute Gasteiger partial charge is 0.148 e. The lowest BCUT2D eigenvalue weighted by molar-refractivity contribution is -0.199. The maximum atomic E-state index is 11.4. The molecule has 1 fully saturated rings. The Labute approximate surface area is 134 Å². The van der Waals surface area contributed by atoms with Crippen LogP contribution in [0.25, 0.3) is 0 Å². The van der Waals surface area contributed by atoms with Crippen molar-refractivity contribution in [1.29, 1.82) is 0 Å². The van der Waals surface area contributed by atoms with E-state index < -0.39 is 0 Å². The molecule has 0 amide bonds. The van der Waals surface area contributed by atoms with Crippen LogP contribution in [0.3, 0.4) is 0 Å². The molecule has 0 saturated carbocycles. The molecule has 122 valence electrons. The van der Waals surface area contributed by atoms with Gasteiger partial charge in [-0.2, -0.15) is 27.0 Å². The van der Waals surface area contributed by atoms with Crippen LogP contribution in [0, 0.1) is 0 Å². The van der Waals surface area contributed by atoms with Gasteiger partial charge in [0.05, 0.1) is 25.4 Å². The van der Waals surface area contributed by atoms with E-state index in [1.54, 1.807) is 21.3 Å². The molecule has 4 atom stereocenters. The monoisotopic (exact) mass is 329 g/mol. The van der Waals surface area contributed by atoms with Crippen LogP contribution in [0.15, 0.2) is 0 Å². The van der Waals surface area contributed by atoms with Crippen molar-refractivity contribution in [2.45, 2.75) is 37.3 Å². The summed E-state index contributed by atoms with van der Waals surface area (Å²) >= 11 is 0. The number of nitrogens with two attached hydrogens (primary N) is 1. The Kier molecular flexibility index (Phi) is 13.2. The molecule has 0 aromatic carbocycles. The summed E-state index contributed by atoms with van der Waals surface area (Å²) < 4.78 is 21.8. The van der Waals surface area contributed by atoms with Crippen LogP contribution in [-0.2, 0) is 23.7 Å². The minimum atomic E-state index is -0.228. The average molecular weight is 329 g/mol. The molecule has 8 heteroatoms. The van der Waals surface area contributed by atoms with Crippen LogP contribution in [0.2, 0.25) is 0 Å². The first-order chi connectivity index (χ1) is 8.65. The molecule has 0 bridgehead atoms. The lowest BCUT2D eigenvalue weighted by Gasteiger charge is -2.40. The van der Waals surface area contributed by atoms with Crippen molar-refractivity contribution in [1.82, 2.24) is 0 Å². The second-order valence-electron chi connectivity index (χ2n) is 4.41. The minimum Gasteiger partial charge on any atom is -0.382 e. The Balaban J connectivity index is 0. The van der Waals surface area contributed by atoms with Crippen molar-refractivity contribution in [3.8, 4) is 0 Å². The van der Waals surface area contributed by atoms with Gasteiger partial charge in [-0.15, -0.1) is 0 Å². The first kappa shape index (κ1) is 22.5. The molecule has 0 aromatic heterocycles. The number of carbonyl (C=O) groups is 1. The molecule has 1 aliphatic heterocycles. The summed E-state index contributed by atoms with van der Waals surface area (Å²) in [5.41, 5.74) is 5.32. The van der Waals surface area contributed by atoms with E-state index >= 15 is 0 Å². The third kappa shape index (κ3) is 6.30. The Morgan fingerprint density at radius 2 is 1.90 bits per heavy atom. The van der Waals surface area contributed by atoms with Gasteiger partial charge in [0.15, 0.2) is 0 Å². The summed E-state index contributed by atoms with van der Waals surface area (Å²) in [7, 11) is 4.86. The van der Waals surface area contributed by atoms with Crippen molar-refractivity contribution < 1.29 is 23.7 Å². The number of methoxy groups -OCH3 is 3. The number of ketones is 1. The second kappa shape index (κ2) is 11.8. The molecule has 20 heavy (non-hydrogen) atoms. The highest BCUT2D eigenvalue weighted by molar-refractivity contribution is 7.59. The largest absolute Gasteiger partial charge is 0.382 e. The highest BCUT2D eigenvalue weighted by Gasteiger charge is 2.39. The van der Waals surface area contributed by atoms with E-state index in [2.05, 4.69) is 0 Å². The van der Waals surface area contributed by atoms with E-state index in [4.69, 9.17) is 24.7 Å². The number of carbonyl (C=O) groups excluding carboxylic acids is 1. The van der Waals surface area contributed by atoms with E-state index in [9.17, 15) is 4.79 Å². The van der Waals surface area contributed by atoms with E-state index in [0.29, 0.717) is 19.4 Å². The van der Waals surface area contributed by atoms with Crippen LogP contribution in [0.1, 0.15) is 12.8 Å². The topological polar surface area (TPSA) is 80.0 Å². The van der Waals surface area contributed by atoms with Gasteiger partial charge in [0.2, 0.25) is 0 Å². The van der Waals surface area contributed by atoms with Gasteiger partial charge in [-0.1, -0.05) is 0 Å². The quantitative estimate of drug-likeness (QED) is 0.706. The normalized spacial score (nSPS) is 29.2. The molecule has 0 radical (unpaired) electrons. The summed E-state index contributed by atoms with van der Waals surface area (Å²) in [6.45, 7) is 0.450. The van der Waals surface area contributed by atoms with Crippen molar-refractivity contribution >= 4 is 32.8 Å². The number of hydrogen-bond donors (Lipinski definition) is 1. The van der Waals surface area contributed by atoms with Gasteiger partial charge in [0, 0.05) is 34.2 Å². The van der Waals surface area contributed by atoms with Crippen molar-refractivity contribution in [3.63, 3.8) is 0 Å². The van der Waals surface area contributed by atoms with Crippen molar-refractivity contribution in [2.75, 3.05) is 34.5 Å². The van der Waals surface area contributed by atoms with E-state index in [1.807, 2.05) is 0 Å². The van der Waals surface area contributed by atoms with Gasteiger partial charge in [0.1, 0.15) is 18.0 Å². The third-order valence-corrected chi connectivity index (χ3v) is 3.18. The summed E-state index contributed by atoms with van der Waals surface area (Å²) in [6.07, 6.45) is 0.249. The lowest BCUT2D eigenvalue weighted by atomic mass is 9.95. The van der Waals surface area contributed by atoms with E-state index in [-0.39, 0.29) is 63.7 Å². The molecule has 0 aromatic rings. The number of Topliss-reactive ketones (excluding diaryl/α,β-unsaturated/α-hetero) is 1. The molecule has 0 aliphatic carbocycles. The zero-order chi connectivity index (χ0) is 13.5. The fraction of sp³-hybridized carbons (Fsp3) is 0.917. The van der Waals surface area contributed by atoms with Gasteiger partial charge < -0.3 is 24.7 Å². The maximum absolute atomic E-state index is 11.4. The average Bonchev–Trinajstić information content (AvgIpc) is 2.38. The highest BCUT2D eigenvalue weighted by atomic mass is 32.1. The Bertz CT molecular complexity index is 270. The second-order valence-corrected chi connectivity index (χ2v) is 4.41. The number of ether oxygens (including phenoxy) is 4. The summed E-state index contributed by atoms with van der Waals surface area (Å²) in [5.74, 6) is -0.0121. The molecule has 6 nitrogen and oxygen atoms in total. The molecule has 1 rings (SSSR count). The summed E-state index contributed by atoms with van der Waals surface area (Å²) in [6, 6.07) is 0. The zero-order valence-corrected chi connectivity index (χ0v) is 14.3. The Morgan fingerprint density at radius 1 is 1.25 bits per heavy atom. The molecular weight excluding hydrogens is 302 g/mol. The molecule has 0 spiro atoms. The zero-order valence-electron chi connectivity index (χ0n) is 12.3. The summed E-state index contributed by atoms with van der Waals surface area (Å²) in [5, 5.41) is 0.